The molecule has 0 heterocycles. The van der Waals surface area contributed by atoms with Crippen LogP contribution in [0.3, 0.4) is 0 Å². The van der Waals surface area contributed by atoms with Crippen LogP contribution in [-0.4, -0.2) is 39.9 Å². The fourth-order valence-corrected chi connectivity index (χ4v) is 0. The highest BCUT2D eigenvalue weighted by Crippen LogP contribution is 1.62. The fraction of sp³-hybridized carbons (Fsp3) is 0. The van der Waals surface area contributed by atoms with Crippen molar-refractivity contribution in [3.8, 4) is 0 Å². The minimum absolute atomic E-state index is 2.61. The lowest BCUT2D eigenvalue weighted by molar-refractivity contribution is 0.449. The molecular formula is H6O9S4. The van der Waals surface area contributed by atoms with E-state index in [0.29, 0.717) is 0 Å². The summed E-state index contributed by atoms with van der Waals surface area (Å²) in [6.45, 7) is 0. The Hall–Kier alpha value is 0.430. The lowest BCUT2D eigenvalue weighted by Crippen LogP contribution is -1.86. The maximum absolute atomic E-state index is 9.11. The molecule has 9 nitrogen and oxygen atoms in total. The van der Waals surface area contributed by atoms with Crippen molar-refractivity contribution in [3.63, 3.8) is 0 Å². The van der Waals surface area contributed by atoms with Gasteiger partial charge >= 0.3 is 0 Å². The van der Waals surface area contributed by atoms with Gasteiger partial charge in [0.25, 0.3) is 31.8 Å². The predicted molar refractivity (Wildman–Crippen MR) is 47.6 cm³/mol. The van der Waals surface area contributed by atoms with Crippen LogP contribution in [0.25, 0.3) is 0 Å². The van der Waals surface area contributed by atoms with Crippen molar-refractivity contribution in [1.29, 1.82) is 0 Å². The zero-order valence-electron chi connectivity index (χ0n) is 5.54. The molecule has 0 aromatic carbocycles. The molecule has 0 aromatic heterocycles. The van der Waals surface area contributed by atoms with Crippen molar-refractivity contribution in [2.24, 2.45) is 0 Å². The molecule has 0 aromatic rings. The average molecular weight is 278 g/mol. The third-order valence-corrected chi connectivity index (χ3v) is 0. The van der Waals surface area contributed by atoms with Crippen LogP contribution in [0.1, 0.15) is 0 Å². The van der Waals surface area contributed by atoms with Crippen LogP contribution in [-0.2, 0) is 43.0 Å². The molecule has 0 atom stereocenters. The SMILES string of the molecule is O=S(O)(O)=S.O=S(O)O.O=S(O)O. The largest absolute Gasteiger partial charge is 0.299 e. The molecule has 13 heavy (non-hydrogen) atoms. The maximum Gasteiger partial charge on any atom is 0.299 e. The van der Waals surface area contributed by atoms with E-state index in [1.807, 2.05) is 0 Å². The summed E-state index contributed by atoms with van der Waals surface area (Å²) < 4.78 is 69.6. The van der Waals surface area contributed by atoms with Gasteiger partial charge in [0.1, 0.15) is 0 Å². The molecule has 0 bridgehead atoms. The highest BCUT2D eigenvalue weighted by atomic mass is 32.9. The smallest absolute Gasteiger partial charge is 0.285 e. The predicted octanol–water partition coefficient (Wildman–Crippen LogP) is -0.959. The van der Waals surface area contributed by atoms with Crippen molar-refractivity contribution >= 4 is 43.0 Å². The van der Waals surface area contributed by atoms with E-state index in [2.05, 4.69) is 11.2 Å². The van der Waals surface area contributed by atoms with Crippen LogP contribution in [0.4, 0.5) is 0 Å². The lowest BCUT2D eigenvalue weighted by Gasteiger charge is -1.73. The van der Waals surface area contributed by atoms with Crippen LogP contribution in [0, 0.1) is 0 Å². The number of hydrogen-bond acceptors (Lipinski definition) is 4. The first-order valence-electron chi connectivity index (χ1n) is 1.76. The summed E-state index contributed by atoms with van der Waals surface area (Å²) in [5, 5.41) is 0. The zero-order valence-corrected chi connectivity index (χ0v) is 8.81. The minimum atomic E-state index is -3.83. The fourth-order valence-electron chi connectivity index (χ4n) is 0. The van der Waals surface area contributed by atoms with Crippen molar-refractivity contribution in [2.75, 3.05) is 0 Å². The van der Waals surface area contributed by atoms with Gasteiger partial charge in [-0.05, 0) is 0 Å². The molecule has 0 saturated heterocycles. The molecule has 0 unspecified atom stereocenters. The van der Waals surface area contributed by atoms with E-state index in [1.165, 1.54) is 0 Å². The summed E-state index contributed by atoms with van der Waals surface area (Å²) in [5.41, 5.74) is 0. The summed E-state index contributed by atoms with van der Waals surface area (Å²) in [7, 11) is -3.83. The lowest BCUT2D eigenvalue weighted by atomic mass is 15.8. The minimum Gasteiger partial charge on any atom is -0.285 e. The summed E-state index contributed by atoms with van der Waals surface area (Å²) in [4.78, 5) is 0. The Balaban J connectivity index is -0.000000117. The van der Waals surface area contributed by atoms with Gasteiger partial charge in [-0.2, -0.15) is 12.6 Å². The molecule has 6 N–H and O–H groups in total. The van der Waals surface area contributed by atoms with Crippen LogP contribution in [0.15, 0.2) is 0 Å². The first-order chi connectivity index (χ1) is 5.46. The molecule has 0 saturated carbocycles. The first kappa shape index (κ1) is 19.1. The Morgan fingerprint density at radius 3 is 0.923 bits per heavy atom. The second-order valence-electron chi connectivity index (χ2n) is 0.909. The molecule has 0 spiro atoms. The van der Waals surface area contributed by atoms with E-state index in [-0.39, 0.29) is 0 Å². The summed E-state index contributed by atoms with van der Waals surface area (Å²) in [6.07, 6.45) is 0. The van der Waals surface area contributed by atoms with Gasteiger partial charge in [-0.25, -0.2) is 0 Å². The van der Waals surface area contributed by atoms with Crippen LogP contribution in [0.5, 0.6) is 0 Å². The molecule has 0 amide bonds. The van der Waals surface area contributed by atoms with Gasteiger partial charge in [0.05, 0.1) is 0 Å². The van der Waals surface area contributed by atoms with Crippen molar-refractivity contribution < 1.29 is 39.9 Å². The molecule has 0 aliphatic carbocycles. The number of hydrogen-bond donors (Lipinski definition) is 6. The van der Waals surface area contributed by atoms with E-state index < -0.39 is 31.8 Å². The Labute approximate surface area is 83.1 Å². The topological polar surface area (TPSA) is 173 Å². The Bertz CT molecular complexity index is 206. The van der Waals surface area contributed by atoms with Crippen molar-refractivity contribution in [3.05, 3.63) is 0 Å². The molecule has 0 radical (unpaired) electrons. The summed E-state index contributed by atoms with van der Waals surface area (Å²) in [5.74, 6) is 0. The average Bonchev–Trinajstić information content (AvgIpc) is 1.50. The zero-order chi connectivity index (χ0) is 11.7. The van der Waals surface area contributed by atoms with E-state index >= 15 is 0 Å². The first-order valence-corrected chi connectivity index (χ1v) is 6.29. The Kier molecular flexibility index (Phi) is 15.4. The second kappa shape index (κ2) is 10.5. The van der Waals surface area contributed by atoms with E-state index in [9.17, 15) is 0 Å². The molecule has 84 valence electrons. The van der Waals surface area contributed by atoms with Gasteiger partial charge in [0, 0.05) is 11.2 Å². The third-order valence-electron chi connectivity index (χ3n) is 0. The highest BCUT2D eigenvalue weighted by molar-refractivity contribution is 8.26. The monoisotopic (exact) mass is 278 g/mol. The van der Waals surface area contributed by atoms with Crippen LogP contribution < -0.4 is 0 Å². The van der Waals surface area contributed by atoms with Gasteiger partial charge in [-0.1, -0.05) is 0 Å². The molecule has 0 rings (SSSR count). The van der Waals surface area contributed by atoms with Gasteiger partial charge in [-0.15, -0.1) is 0 Å². The van der Waals surface area contributed by atoms with Crippen LogP contribution in [0.2, 0.25) is 0 Å². The van der Waals surface area contributed by atoms with E-state index in [4.69, 9.17) is 39.9 Å². The molecule has 0 fully saturated rings. The molecular weight excluding hydrogens is 272 g/mol. The molecule has 0 aliphatic heterocycles. The normalized spacial score (nSPS) is 9.85. The maximum atomic E-state index is 9.11. The summed E-state index contributed by atoms with van der Waals surface area (Å²) >= 11 is -1.76. The van der Waals surface area contributed by atoms with Crippen molar-refractivity contribution in [2.45, 2.75) is 0 Å². The molecule has 13 heteroatoms. The third kappa shape index (κ3) is 7310. The highest BCUT2D eigenvalue weighted by Gasteiger charge is 1.78. The van der Waals surface area contributed by atoms with E-state index in [0.717, 1.165) is 0 Å². The Morgan fingerprint density at radius 2 is 0.923 bits per heavy atom. The van der Waals surface area contributed by atoms with Crippen LogP contribution >= 0.6 is 0 Å². The Morgan fingerprint density at radius 1 is 0.923 bits per heavy atom. The van der Waals surface area contributed by atoms with Gasteiger partial charge in [0.15, 0.2) is 0 Å². The van der Waals surface area contributed by atoms with Crippen molar-refractivity contribution in [1.82, 2.24) is 0 Å². The van der Waals surface area contributed by atoms with E-state index in [1.54, 1.807) is 0 Å². The summed E-state index contributed by atoms with van der Waals surface area (Å²) in [6, 6.07) is 0. The standard InChI is InChI=1S/H2O3S2.2H2O3S/c1-5(2,3)4;2*1-4(2)3/h(H2,1,2,3,4);2*(H2,1,2,3). The quantitative estimate of drug-likeness (QED) is 0.303. The number of rotatable bonds is 0. The van der Waals surface area contributed by atoms with Gasteiger partial charge in [0.2, 0.25) is 0 Å². The van der Waals surface area contributed by atoms with Gasteiger partial charge in [-0.3, -0.25) is 27.3 Å². The molecule has 0 aliphatic rings. The van der Waals surface area contributed by atoms with Gasteiger partial charge < -0.3 is 0 Å². The second-order valence-corrected chi connectivity index (χ2v) is 4.03.